The summed E-state index contributed by atoms with van der Waals surface area (Å²) in [4.78, 5) is 28.0. The molecule has 134 valence electrons. The summed E-state index contributed by atoms with van der Waals surface area (Å²) in [5.74, 6) is -1.73. The summed E-state index contributed by atoms with van der Waals surface area (Å²) in [6.45, 7) is 0.488. The predicted molar refractivity (Wildman–Crippen MR) is 92.3 cm³/mol. The van der Waals surface area contributed by atoms with Crippen LogP contribution in [-0.4, -0.2) is 35.6 Å². The van der Waals surface area contributed by atoms with E-state index in [0.717, 1.165) is 31.4 Å². The van der Waals surface area contributed by atoms with Gasteiger partial charge in [-0.15, -0.1) is 0 Å². The van der Waals surface area contributed by atoms with Gasteiger partial charge in [0.05, 0.1) is 25.1 Å². The SMILES string of the molecule is COc1ccc(C2(CNC(=O)[C@@H]3C=C[C@@H]3C(=O)O)CCCCC2)nc1. The van der Waals surface area contributed by atoms with Crippen molar-refractivity contribution in [2.45, 2.75) is 37.5 Å². The van der Waals surface area contributed by atoms with Gasteiger partial charge in [0.25, 0.3) is 0 Å². The van der Waals surface area contributed by atoms with Gasteiger partial charge in [0.1, 0.15) is 5.75 Å². The summed E-state index contributed by atoms with van der Waals surface area (Å²) in [6.07, 6.45) is 10.3. The van der Waals surface area contributed by atoms with Crippen molar-refractivity contribution in [3.63, 3.8) is 0 Å². The number of methoxy groups -OCH3 is 1. The van der Waals surface area contributed by atoms with Crippen molar-refractivity contribution in [3.8, 4) is 5.75 Å². The smallest absolute Gasteiger partial charge is 0.311 e. The van der Waals surface area contributed by atoms with Crippen molar-refractivity contribution >= 4 is 11.9 Å². The average molecular weight is 344 g/mol. The molecule has 1 saturated carbocycles. The minimum absolute atomic E-state index is 0.188. The second-order valence-corrected chi connectivity index (χ2v) is 6.92. The molecule has 2 N–H and O–H groups in total. The number of carboxylic acids is 1. The van der Waals surface area contributed by atoms with E-state index in [1.807, 2.05) is 12.1 Å². The molecule has 0 spiro atoms. The standard InChI is InChI=1S/C19H24N2O4/c1-25-13-5-8-16(20-11-13)19(9-3-2-4-10-19)12-21-17(22)14-6-7-15(14)18(23)24/h5-8,11,14-15H,2-4,9-10,12H2,1H3,(H,21,22)(H,23,24)/t14-,15+/m1/s1. The molecule has 1 aromatic heterocycles. The monoisotopic (exact) mass is 344 g/mol. The van der Waals surface area contributed by atoms with Crippen molar-refractivity contribution in [1.82, 2.24) is 10.3 Å². The van der Waals surface area contributed by atoms with E-state index in [9.17, 15) is 9.59 Å². The Kier molecular flexibility index (Phi) is 5.06. The van der Waals surface area contributed by atoms with Gasteiger partial charge in [-0.2, -0.15) is 0 Å². The Balaban J connectivity index is 1.71. The van der Waals surface area contributed by atoms with Crippen LogP contribution in [0.25, 0.3) is 0 Å². The molecule has 0 bridgehead atoms. The van der Waals surface area contributed by atoms with Crippen LogP contribution in [0.15, 0.2) is 30.5 Å². The van der Waals surface area contributed by atoms with E-state index < -0.39 is 17.8 Å². The number of ether oxygens (including phenoxy) is 1. The van der Waals surface area contributed by atoms with Gasteiger partial charge in [0.15, 0.2) is 0 Å². The third-order valence-electron chi connectivity index (χ3n) is 5.43. The van der Waals surface area contributed by atoms with Crippen LogP contribution in [0.5, 0.6) is 5.75 Å². The summed E-state index contributed by atoms with van der Waals surface area (Å²) < 4.78 is 5.18. The fourth-order valence-corrected chi connectivity index (χ4v) is 3.76. The lowest BCUT2D eigenvalue weighted by atomic mass is 9.71. The first-order valence-corrected chi connectivity index (χ1v) is 8.75. The Labute approximate surface area is 147 Å². The largest absolute Gasteiger partial charge is 0.495 e. The van der Waals surface area contributed by atoms with Crippen molar-refractivity contribution in [1.29, 1.82) is 0 Å². The van der Waals surface area contributed by atoms with E-state index in [-0.39, 0.29) is 11.3 Å². The molecule has 1 fully saturated rings. The summed E-state index contributed by atoms with van der Waals surface area (Å²) in [6, 6.07) is 3.87. The molecular formula is C19H24N2O4. The van der Waals surface area contributed by atoms with Crippen LogP contribution >= 0.6 is 0 Å². The molecule has 0 radical (unpaired) electrons. The highest BCUT2D eigenvalue weighted by Crippen LogP contribution is 2.38. The molecule has 2 atom stereocenters. The van der Waals surface area contributed by atoms with Gasteiger partial charge in [-0.05, 0) is 25.0 Å². The fourth-order valence-electron chi connectivity index (χ4n) is 3.76. The lowest BCUT2D eigenvalue weighted by Crippen LogP contribution is -2.47. The molecule has 0 unspecified atom stereocenters. The molecule has 2 aliphatic rings. The number of nitrogens with zero attached hydrogens (tertiary/aromatic N) is 1. The molecule has 3 rings (SSSR count). The molecule has 1 heterocycles. The maximum Gasteiger partial charge on any atom is 0.311 e. The van der Waals surface area contributed by atoms with E-state index in [1.165, 1.54) is 6.42 Å². The number of aromatic nitrogens is 1. The maximum absolute atomic E-state index is 12.4. The Bertz CT molecular complexity index is 663. The molecular weight excluding hydrogens is 320 g/mol. The number of aliphatic carboxylic acids is 1. The molecule has 1 aromatic rings. The Morgan fingerprint density at radius 3 is 2.48 bits per heavy atom. The van der Waals surface area contributed by atoms with Gasteiger partial charge in [-0.3, -0.25) is 14.6 Å². The minimum atomic E-state index is -0.952. The first-order valence-electron chi connectivity index (χ1n) is 8.75. The van der Waals surface area contributed by atoms with Crippen molar-refractivity contribution < 1.29 is 19.4 Å². The van der Waals surface area contributed by atoms with Crippen molar-refractivity contribution in [2.75, 3.05) is 13.7 Å². The number of carboxylic acid groups (broad SMARTS) is 1. The van der Waals surface area contributed by atoms with E-state index in [2.05, 4.69) is 10.3 Å². The number of amides is 1. The first kappa shape index (κ1) is 17.5. The summed E-state index contributed by atoms with van der Waals surface area (Å²) in [7, 11) is 1.61. The molecule has 25 heavy (non-hydrogen) atoms. The second-order valence-electron chi connectivity index (χ2n) is 6.92. The zero-order chi connectivity index (χ0) is 17.9. The van der Waals surface area contributed by atoms with Gasteiger partial charge < -0.3 is 15.2 Å². The van der Waals surface area contributed by atoms with Gasteiger partial charge in [-0.1, -0.05) is 31.4 Å². The summed E-state index contributed by atoms with van der Waals surface area (Å²) in [5.41, 5.74) is 0.777. The van der Waals surface area contributed by atoms with Gasteiger partial charge >= 0.3 is 5.97 Å². The molecule has 1 amide bonds. The van der Waals surface area contributed by atoms with Crippen LogP contribution in [-0.2, 0) is 15.0 Å². The molecule has 2 aliphatic carbocycles. The Hall–Kier alpha value is -2.37. The summed E-state index contributed by atoms with van der Waals surface area (Å²) >= 11 is 0. The van der Waals surface area contributed by atoms with E-state index in [4.69, 9.17) is 9.84 Å². The van der Waals surface area contributed by atoms with Crippen LogP contribution < -0.4 is 10.1 Å². The number of hydrogen-bond donors (Lipinski definition) is 2. The average Bonchev–Trinajstić information content (AvgIpc) is 2.59. The molecule has 6 heteroatoms. The highest BCUT2D eigenvalue weighted by Gasteiger charge is 2.39. The van der Waals surface area contributed by atoms with Crippen LogP contribution in [0.3, 0.4) is 0 Å². The van der Waals surface area contributed by atoms with E-state index in [0.29, 0.717) is 12.3 Å². The van der Waals surface area contributed by atoms with Crippen LogP contribution in [0, 0.1) is 11.8 Å². The van der Waals surface area contributed by atoms with E-state index >= 15 is 0 Å². The molecule has 0 aromatic carbocycles. The fraction of sp³-hybridized carbons (Fsp3) is 0.526. The first-order chi connectivity index (χ1) is 12.1. The number of carbonyl (C=O) groups is 2. The highest BCUT2D eigenvalue weighted by molar-refractivity contribution is 5.89. The Morgan fingerprint density at radius 1 is 1.24 bits per heavy atom. The molecule has 0 saturated heterocycles. The van der Waals surface area contributed by atoms with Crippen LogP contribution in [0.2, 0.25) is 0 Å². The maximum atomic E-state index is 12.4. The minimum Gasteiger partial charge on any atom is -0.495 e. The number of carbonyl (C=O) groups excluding carboxylic acids is 1. The third kappa shape index (κ3) is 3.52. The van der Waals surface area contributed by atoms with Gasteiger partial charge in [-0.25, -0.2) is 0 Å². The molecule has 6 nitrogen and oxygen atoms in total. The normalized spacial score (nSPS) is 24.2. The summed E-state index contributed by atoms with van der Waals surface area (Å²) in [5, 5.41) is 12.1. The second kappa shape index (κ2) is 7.25. The van der Waals surface area contributed by atoms with Gasteiger partial charge in [0.2, 0.25) is 5.91 Å². The van der Waals surface area contributed by atoms with Crippen molar-refractivity contribution in [2.24, 2.45) is 11.8 Å². The quantitative estimate of drug-likeness (QED) is 0.773. The number of nitrogens with one attached hydrogen (secondary N) is 1. The Morgan fingerprint density at radius 2 is 1.96 bits per heavy atom. The lowest BCUT2D eigenvalue weighted by Gasteiger charge is -2.37. The third-order valence-corrected chi connectivity index (χ3v) is 5.43. The number of hydrogen-bond acceptors (Lipinski definition) is 4. The highest BCUT2D eigenvalue weighted by atomic mass is 16.5. The molecule has 0 aliphatic heterocycles. The zero-order valence-electron chi connectivity index (χ0n) is 14.4. The number of pyridine rings is 1. The zero-order valence-corrected chi connectivity index (χ0v) is 14.4. The lowest BCUT2D eigenvalue weighted by molar-refractivity contribution is -0.145. The number of rotatable bonds is 6. The predicted octanol–water partition coefficient (Wildman–Crippen LogP) is 2.30. The van der Waals surface area contributed by atoms with Crippen LogP contribution in [0.1, 0.15) is 37.8 Å². The topological polar surface area (TPSA) is 88.5 Å². The van der Waals surface area contributed by atoms with Crippen molar-refractivity contribution in [3.05, 3.63) is 36.2 Å². The van der Waals surface area contributed by atoms with E-state index in [1.54, 1.807) is 25.5 Å². The van der Waals surface area contributed by atoms with Gasteiger partial charge in [0, 0.05) is 17.7 Å². The van der Waals surface area contributed by atoms with Crippen LogP contribution in [0.4, 0.5) is 0 Å².